The number of allylic oxidation sites excluding steroid dienone is 2. The number of benzene rings is 6. The second-order valence-corrected chi connectivity index (χ2v) is 56.1. The van der Waals surface area contributed by atoms with Gasteiger partial charge in [0.15, 0.2) is 0 Å². The van der Waals surface area contributed by atoms with E-state index < -0.39 is 20.4 Å². The number of halogens is 4. The predicted octanol–water partition coefficient (Wildman–Crippen LogP) is 17.1. The number of hydrogen-bond acceptors (Lipinski definition) is 2. The van der Waals surface area contributed by atoms with E-state index in [-0.39, 0.29) is 7.25 Å². The van der Waals surface area contributed by atoms with Crippen LogP contribution in [0.1, 0.15) is 66.0 Å². The van der Waals surface area contributed by atoms with Gasteiger partial charge in [-0.15, -0.1) is 0 Å². The van der Waals surface area contributed by atoms with Gasteiger partial charge in [-0.05, 0) is 0 Å². The molecule has 0 aliphatic heterocycles. The normalized spacial score (nSPS) is 16.3. The molecule has 2 aliphatic rings. The van der Waals surface area contributed by atoms with Crippen LogP contribution >= 0.6 is 40.2 Å². The summed E-state index contributed by atoms with van der Waals surface area (Å²) in [5.41, 5.74) is 12.1. The van der Waals surface area contributed by atoms with Crippen molar-refractivity contribution in [3.63, 3.8) is 0 Å². The van der Waals surface area contributed by atoms with Gasteiger partial charge in [-0.2, -0.15) is 0 Å². The van der Waals surface area contributed by atoms with Crippen molar-refractivity contribution in [2.24, 2.45) is 0 Å². The fraction of sp³-hybridized carbons (Fsp3) is 0.154. The zero-order valence-corrected chi connectivity index (χ0v) is 40.2. The molecule has 2 aromatic heterocycles. The van der Waals surface area contributed by atoms with Gasteiger partial charge in [-0.3, -0.25) is 0 Å². The maximum atomic E-state index is 9.13. The molecule has 2 aliphatic carbocycles. The van der Waals surface area contributed by atoms with Gasteiger partial charge in [0.05, 0.1) is 0 Å². The molecule has 10 rings (SSSR count). The Bertz CT molecular complexity index is 3010. The molecule has 0 fully saturated rings. The summed E-state index contributed by atoms with van der Waals surface area (Å²) in [6.07, 6.45) is 10.1. The zero-order valence-electron chi connectivity index (χ0n) is 33.8. The summed E-state index contributed by atoms with van der Waals surface area (Å²) in [4.78, 5) is 0. The number of rotatable bonds is 8. The summed E-state index contributed by atoms with van der Waals surface area (Å²) in [7, 11) is 18.3. The molecule has 0 saturated carbocycles. The van der Waals surface area contributed by atoms with Crippen molar-refractivity contribution >= 4 is 90.5 Å². The van der Waals surface area contributed by atoms with Crippen LogP contribution in [-0.2, 0) is 27.9 Å². The second-order valence-electron chi connectivity index (χ2n) is 16.5. The van der Waals surface area contributed by atoms with Crippen LogP contribution in [0, 0.1) is 0 Å². The summed E-state index contributed by atoms with van der Waals surface area (Å²) in [6, 6.07) is 42.3. The van der Waals surface area contributed by atoms with E-state index >= 15 is 0 Å². The molecule has 0 radical (unpaired) electrons. The third-order valence-electron chi connectivity index (χ3n) is 13.1. The van der Waals surface area contributed by atoms with Crippen molar-refractivity contribution in [3.05, 3.63) is 189 Å². The molecule has 8 aromatic rings. The Kier molecular flexibility index (Phi) is 10.2. The van der Waals surface area contributed by atoms with Crippen molar-refractivity contribution < 1.29 is 23.8 Å². The van der Waals surface area contributed by atoms with Crippen LogP contribution in [0.25, 0.3) is 67.1 Å². The van der Waals surface area contributed by atoms with Crippen LogP contribution < -0.4 is 0 Å². The first-order valence-electron chi connectivity index (χ1n) is 20.6. The number of hydrogen-bond donors (Lipinski definition) is 0. The number of aryl methyl sites for hydroxylation is 2. The molecule has 2 heterocycles. The first-order chi connectivity index (χ1) is 29.0. The summed E-state index contributed by atoms with van der Waals surface area (Å²) in [5.74, 6) is 1.64. The Balaban J connectivity index is 1.33. The third kappa shape index (κ3) is 6.11. The minimum atomic E-state index is -5.60. The van der Waals surface area contributed by atoms with E-state index in [0.717, 1.165) is 102 Å². The van der Waals surface area contributed by atoms with Crippen molar-refractivity contribution in [2.45, 2.75) is 47.0 Å². The standard InChI is InChI=1S/2C25H18ClO.C2H6Si.2ClH.Zr/c2*1-2-16-10-11-17-12-20(25-22-9-4-3-6-19(22)15-27-25)14-23(17)24(16)18-7-5-8-21(26)13-18;1-3-2;;;/h2*3-15H,2H2,1H3;1-2H3;2*1H;/q;;;;;+2/p-2. The van der Waals surface area contributed by atoms with Crippen LogP contribution in [0.2, 0.25) is 23.1 Å². The topological polar surface area (TPSA) is 26.3 Å². The van der Waals surface area contributed by atoms with Crippen molar-refractivity contribution in [3.8, 4) is 22.3 Å². The number of furan rings is 2. The molecular formula is C52H42Cl4O2SiZr. The molecule has 2 atom stereocenters. The first-order valence-corrected chi connectivity index (χ1v) is 36.7. The van der Waals surface area contributed by atoms with Crippen LogP contribution in [0.4, 0.5) is 0 Å². The Morgan fingerprint density at radius 3 is 1.38 bits per heavy atom. The van der Waals surface area contributed by atoms with E-state index in [1.54, 1.807) is 0 Å². The fourth-order valence-electron chi connectivity index (χ4n) is 10.3. The summed E-state index contributed by atoms with van der Waals surface area (Å²) in [6.45, 7) is 9.11. The third-order valence-corrected chi connectivity index (χ3v) is 59.8. The quantitative estimate of drug-likeness (QED) is 0.142. The second kappa shape index (κ2) is 15.2. The van der Waals surface area contributed by atoms with E-state index in [9.17, 15) is 0 Å². The Morgan fingerprint density at radius 2 is 0.983 bits per heavy atom. The average Bonchev–Trinajstić information content (AvgIpc) is 4.05. The maximum absolute atomic E-state index is 9.13. The summed E-state index contributed by atoms with van der Waals surface area (Å²) >= 11 is 7.86. The molecule has 0 N–H and O–H groups in total. The van der Waals surface area contributed by atoms with Gasteiger partial charge < -0.3 is 0 Å². The minimum absolute atomic E-state index is 0.326. The summed E-state index contributed by atoms with van der Waals surface area (Å²) < 4.78 is 12.8. The van der Waals surface area contributed by atoms with E-state index in [1.165, 1.54) is 11.1 Å². The molecule has 2 unspecified atom stereocenters. The molecule has 2 nitrogen and oxygen atoms in total. The average molecular weight is 960 g/mol. The molecule has 8 heteroatoms. The van der Waals surface area contributed by atoms with Gasteiger partial charge in [0.2, 0.25) is 0 Å². The SMILES string of the molecule is CCc1ccc2c(c1-c1cccc(Cl)c1)C=C(c1occ3ccccc13)[CH]2[Zr]([Cl])([Cl])([CH]1C(c2occ3ccccc23)=Cc2c1ccc(CC)c2-c1cccc(Cl)c1)=[Si](C)C. The molecular weight excluding hydrogens is 918 g/mol. The van der Waals surface area contributed by atoms with Crippen LogP contribution in [0.15, 0.2) is 143 Å². The van der Waals surface area contributed by atoms with Crippen molar-refractivity contribution in [1.29, 1.82) is 0 Å². The predicted molar refractivity (Wildman–Crippen MR) is 255 cm³/mol. The van der Waals surface area contributed by atoms with Crippen LogP contribution in [0.5, 0.6) is 0 Å². The molecule has 298 valence electrons. The van der Waals surface area contributed by atoms with Crippen molar-refractivity contribution in [1.82, 2.24) is 0 Å². The monoisotopic (exact) mass is 956 g/mol. The van der Waals surface area contributed by atoms with E-state index in [1.807, 2.05) is 36.8 Å². The fourth-order valence-corrected chi connectivity index (χ4v) is 38.3. The molecule has 60 heavy (non-hydrogen) atoms. The molecule has 0 amide bonds. The van der Waals surface area contributed by atoms with E-state index in [0.29, 0.717) is 10.0 Å². The van der Waals surface area contributed by atoms with Crippen LogP contribution in [-0.4, -0.2) is 5.43 Å². The van der Waals surface area contributed by atoms with Gasteiger partial charge in [-0.1, -0.05) is 0 Å². The van der Waals surface area contributed by atoms with E-state index in [4.69, 9.17) is 49.1 Å². The van der Waals surface area contributed by atoms with Gasteiger partial charge >= 0.3 is 372 Å². The Morgan fingerprint density at radius 1 is 0.550 bits per heavy atom. The molecule has 6 aromatic carbocycles. The van der Waals surface area contributed by atoms with Crippen molar-refractivity contribution in [2.75, 3.05) is 0 Å². The first kappa shape index (κ1) is 40.2. The summed E-state index contributed by atoms with van der Waals surface area (Å²) in [5, 5.41) is 5.56. The van der Waals surface area contributed by atoms with Crippen LogP contribution in [0.3, 0.4) is 0 Å². The van der Waals surface area contributed by atoms with E-state index in [2.05, 4.69) is 136 Å². The Labute approximate surface area is 369 Å². The molecule has 0 bridgehead atoms. The van der Waals surface area contributed by atoms with Gasteiger partial charge in [0.25, 0.3) is 0 Å². The van der Waals surface area contributed by atoms with Gasteiger partial charge in [0.1, 0.15) is 0 Å². The Hall–Kier alpha value is -3.86. The molecule has 0 saturated heterocycles. The molecule has 0 spiro atoms. The zero-order chi connectivity index (χ0) is 41.5. The van der Waals surface area contributed by atoms with Gasteiger partial charge in [0, 0.05) is 0 Å². The number of fused-ring (bicyclic) bond motifs is 4. The van der Waals surface area contributed by atoms with Gasteiger partial charge in [-0.25, -0.2) is 0 Å².